The van der Waals surface area contributed by atoms with Gasteiger partial charge in [-0.25, -0.2) is 0 Å². The van der Waals surface area contributed by atoms with E-state index in [0.29, 0.717) is 11.8 Å². The van der Waals surface area contributed by atoms with Crippen molar-refractivity contribution in [2.24, 2.45) is 18.7 Å². The van der Waals surface area contributed by atoms with E-state index in [2.05, 4.69) is 63.7 Å². The van der Waals surface area contributed by atoms with Crippen LogP contribution < -0.4 is 5.73 Å². The second-order valence-corrected chi connectivity index (χ2v) is 5.90. The molecule has 1 aromatic carbocycles. The zero-order valence-electron chi connectivity index (χ0n) is 12.1. The summed E-state index contributed by atoms with van der Waals surface area (Å²) in [6, 6.07) is 6.84. The lowest BCUT2D eigenvalue weighted by atomic mass is 9.94. The van der Waals surface area contributed by atoms with Gasteiger partial charge in [0.2, 0.25) is 0 Å². The molecule has 2 aromatic rings. The number of hydrogen-bond acceptors (Lipinski definition) is 1. The first-order chi connectivity index (χ1) is 8.41. The van der Waals surface area contributed by atoms with Crippen molar-refractivity contribution < 1.29 is 0 Å². The minimum absolute atomic E-state index is 0.108. The highest BCUT2D eigenvalue weighted by atomic mass is 14.9. The molecule has 1 heterocycles. The Morgan fingerprint density at radius 2 is 1.78 bits per heavy atom. The van der Waals surface area contributed by atoms with Gasteiger partial charge in [-0.15, -0.1) is 0 Å². The van der Waals surface area contributed by atoms with Crippen molar-refractivity contribution in [2.45, 2.75) is 39.7 Å². The van der Waals surface area contributed by atoms with Gasteiger partial charge in [-0.05, 0) is 35.1 Å². The number of benzene rings is 1. The zero-order valence-corrected chi connectivity index (χ0v) is 12.1. The molecule has 0 saturated heterocycles. The maximum Gasteiger partial charge on any atom is 0.0481 e. The second kappa shape index (κ2) is 4.77. The van der Waals surface area contributed by atoms with Gasteiger partial charge in [0.05, 0.1) is 0 Å². The number of aryl methyl sites for hydroxylation is 1. The van der Waals surface area contributed by atoms with Crippen molar-refractivity contribution in [1.82, 2.24) is 4.57 Å². The quantitative estimate of drug-likeness (QED) is 0.870. The Hall–Kier alpha value is -1.28. The second-order valence-electron chi connectivity index (χ2n) is 5.90. The summed E-state index contributed by atoms with van der Waals surface area (Å²) in [4.78, 5) is 0. The molecule has 2 rings (SSSR count). The molecule has 1 aromatic heterocycles. The lowest BCUT2D eigenvalue weighted by Gasteiger charge is -2.15. The van der Waals surface area contributed by atoms with E-state index in [0.717, 1.165) is 0 Å². The Labute approximate surface area is 110 Å². The van der Waals surface area contributed by atoms with E-state index in [4.69, 9.17) is 5.73 Å². The lowest BCUT2D eigenvalue weighted by molar-refractivity contribution is 0.516. The monoisotopic (exact) mass is 244 g/mol. The Kier molecular flexibility index (Phi) is 3.49. The van der Waals surface area contributed by atoms with Crippen LogP contribution in [-0.4, -0.2) is 4.57 Å². The fourth-order valence-corrected chi connectivity index (χ4v) is 2.42. The van der Waals surface area contributed by atoms with Crippen LogP contribution in [0.1, 0.15) is 50.8 Å². The van der Waals surface area contributed by atoms with Crippen LogP contribution >= 0.6 is 0 Å². The van der Waals surface area contributed by atoms with Crippen LogP contribution in [0.5, 0.6) is 0 Å². The van der Waals surface area contributed by atoms with Crippen molar-refractivity contribution in [3.63, 3.8) is 0 Å². The Bertz CT molecular complexity index is 549. The molecule has 0 aliphatic carbocycles. The number of rotatable bonds is 3. The van der Waals surface area contributed by atoms with Crippen molar-refractivity contribution in [2.75, 3.05) is 0 Å². The highest BCUT2D eigenvalue weighted by molar-refractivity contribution is 5.85. The summed E-state index contributed by atoms with van der Waals surface area (Å²) in [6.07, 6.45) is 2.18. The molecule has 0 amide bonds. The molecular weight excluding hydrogens is 220 g/mol. The van der Waals surface area contributed by atoms with E-state index in [1.807, 2.05) is 0 Å². The van der Waals surface area contributed by atoms with Crippen molar-refractivity contribution in [3.05, 3.63) is 35.5 Å². The first kappa shape index (κ1) is 13.2. The summed E-state index contributed by atoms with van der Waals surface area (Å²) >= 11 is 0. The van der Waals surface area contributed by atoms with Crippen LogP contribution in [0.15, 0.2) is 24.4 Å². The third-order valence-electron chi connectivity index (χ3n) is 3.79. The molecule has 98 valence electrons. The fourth-order valence-electron chi connectivity index (χ4n) is 2.42. The average molecular weight is 244 g/mol. The highest BCUT2D eigenvalue weighted by Gasteiger charge is 2.17. The summed E-state index contributed by atoms with van der Waals surface area (Å²) in [7, 11) is 2.09. The van der Waals surface area contributed by atoms with Gasteiger partial charge in [-0.2, -0.15) is 0 Å². The minimum Gasteiger partial charge on any atom is -0.350 e. The largest absolute Gasteiger partial charge is 0.350 e. The van der Waals surface area contributed by atoms with Gasteiger partial charge in [-0.1, -0.05) is 33.8 Å². The molecule has 2 heteroatoms. The lowest BCUT2D eigenvalue weighted by Crippen LogP contribution is -2.16. The average Bonchev–Trinajstić information content (AvgIpc) is 2.65. The fraction of sp³-hybridized carbons (Fsp3) is 0.500. The van der Waals surface area contributed by atoms with E-state index in [9.17, 15) is 0 Å². The molecule has 0 aliphatic rings. The van der Waals surface area contributed by atoms with E-state index in [1.165, 1.54) is 22.0 Å². The predicted molar refractivity (Wildman–Crippen MR) is 78.8 cm³/mol. The van der Waals surface area contributed by atoms with Crippen molar-refractivity contribution in [3.8, 4) is 0 Å². The number of fused-ring (bicyclic) bond motifs is 1. The molecule has 0 radical (unpaired) electrons. The number of aromatic nitrogens is 1. The third kappa shape index (κ3) is 2.17. The molecule has 2 nitrogen and oxygen atoms in total. The topological polar surface area (TPSA) is 30.9 Å². The standard InChI is InChI=1S/C16H24N2/c1-10(2)12-6-7-15-13(8-12)14(9-18(15)5)16(17)11(3)4/h6-11,16H,17H2,1-5H3. The van der Waals surface area contributed by atoms with E-state index < -0.39 is 0 Å². The smallest absolute Gasteiger partial charge is 0.0481 e. The van der Waals surface area contributed by atoms with Crippen LogP contribution in [0, 0.1) is 5.92 Å². The van der Waals surface area contributed by atoms with Gasteiger partial charge < -0.3 is 10.3 Å². The van der Waals surface area contributed by atoms with Crippen molar-refractivity contribution >= 4 is 10.9 Å². The maximum atomic E-state index is 6.33. The van der Waals surface area contributed by atoms with Crippen LogP contribution in [0.25, 0.3) is 10.9 Å². The van der Waals surface area contributed by atoms with Gasteiger partial charge in [0.25, 0.3) is 0 Å². The summed E-state index contributed by atoms with van der Waals surface area (Å²) in [5.74, 6) is 1.01. The molecule has 2 N–H and O–H groups in total. The Morgan fingerprint density at radius 1 is 1.11 bits per heavy atom. The van der Waals surface area contributed by atoms with Crippen LogP contribution in [-0.2, 0) is 7.05 Å². The van der Waals surface area contributed by atoms with Gasteiger partial charge in [0, 0.05) is 30.2 Å². The third-order valence-corrected chi connectivity index (χ3v) is 3.79. The maximum absolute atomic E-state index is 6.33. The van der Waals surface area contributed by atoms with E-state index in [-0.39, 0.29) is 6.04 Å². The molecule has 18 heavy (non-hydrogen) atoms. The SMILES string of the molecule is CC(C)c1ccc2c(c1)c(C(N)C(C)C)cn2C. The molecule has 0 bridgehead atoms. The first-order valence-electron chi connectivity index (χ1n) is 6.76. The van der Waals surface area contributed by atoms with Crippen LogP contribution in [0.4, 0.5) is 0 Å². The highest BCUT2D eigenvalue weighted by Crippen LogP contribution is 2.30. The van der Waals surface area contributed by atoms with Gasteiger partial charge in [0.1, 0.15) is 0 Å². The normalized spacial score (nSPS) is 13.8. The Morgan fingerprint density at radius 3 is 2.33 bits per heavy atom. The Balaban J connectivity index is 2.63. The van der Waals surface area contributed by atoms with Crippen LogP contribution in [0.3, 0.4) is 0 Å². The van der Waals surface area contributed by atoms with Crippen LogP contribution in [0.2, 0.25) is 0 Å². The predicted octanol–water partition coefficient (Wildman–Crippen LogP) is 3.96. The van der Waals surface area contributed by atoms with Gasteiger partial charge in [0.15, 0.2) is 0 Å². The first-order valence-corrected chi connectivity index (χ1v) is 6.76. The summed E-state index contributed by atoms with van der Waals surface area (Å²) in [5.41, 5.74) is 10.2. The summed E-state index contributed by atoms with van der Waals surface area (Å²) in [6.45, 7) is 8.81. The van der Waals surface area contributed by atoms with Crippen molar-refractivity contribution in [1.29, 1.82) is 0 Å². The molecule has 0 aliphatic heterocycles. The number of hydrogen-bond donors (Lipinski definition) is 1. The molecular formula is C16H24N2. The summed E-state index contributed by atoms with van der Waals surface area (Å²) in [5, 5.41) is 1.31. The van der Waals surface area contributed by atoms with Gasteiger partial charge in [-0.3, -0.25) is 0 Å². The molecule has 0 fully saturated rings. The molecule has 1 unspecified atom stereocenters. The zero-order chi connectivity index (χ0) is 13.4. The molecule has 0 spiro atoms. The number of nitrogens with two attached hydrogens (primary N) is 1. The molecule has 0 saturated carbocycles. The number of nitrogens with zero attached hydrogens (tertiary/aromatic N) is 1. The van der Waals surface area contributed by atoms with Gasteiger partial charge >= 0.3 is 0 Å². The van der Waals surface area contributed by atoms with E-state index in [1.54, 1.807) is 0 Å². The minimum atomic E-state index is 0.108. The molecule has 1 atom stereocenters. The summed E-state index contributed by atoms with van der Waals surface area (Å²) < 4.78 is 2.18. The van der Waals surface area contributed by atoms with E-state index >= 15 is 0 Å².